The Balaban J connectivity index is 3.07. The summed E-state index contributed by atoms with van der Waals surface area (Å²) in [6.07, 6.45) is 0. The topological polar surface area (TPSA) is 90.7 Å². The molecule has 108 valence electrons. The highest BCUT2D eigenvalue weighted by molar-refractivity contribution is 7.89. The van der Waals surface area contributed by atoms with Crippen LogP contribution in [0.3, 0.4) is 0 Å². The maximum Gasteiger partial charge on any atom is 0.244 e. The van der Waals surface area contributed by atoms with E-state index in [-0.39, 0.29) is 16.7 Å². The third-order valence-electron chi connectivity index (χ3n) is 2.53. The minimum atomic E-state index is -3.65. The zero-order valence-corrected chi connectivity index (χ0v) is 12.2. The summed E-state index contributed by atoms with van der Waals surface area (Å²) in [6, 6.07) is 4.45. The summed E-state index contributed by atoms with van der Waals surface area (Å²) in [5.41, 5.74) is 6.32. The van der Waals surface area contributed by atoms with Gasteiger partial charge in [0.1, 0.15) is 10.6 Å². The molecule has 0 aromatic heterocycles. The first-order valence-corrected chi connectivity index (χ1v) is 7.31. The molecule has 0 fully saturated rings. The van der Waals surface area contributed by atoms with E-state index in [2.05, 4.69) is 4.72 Å². The molecule has 3 N–H and O–H groups in total. The van der Waals surface area contributed by atoms with Gasteiger partial charge in [0.2, 0.25) is 10.0 Å². The van der Waals surface area contributed by atoms with Gasteiger partial charge in [0.05, 0.1) is 13.7 Å². The van der Waals surface area contributed by atoms with Crippen LogP contribution in [0.25, 0.3) is 0 Å². The monoisotopic (exact) mass is 288 g/mol. The highest BCUT2D eigenvalue weighted by Crippen LogP contribution is 2.24. The van der Waals surface area contributed by atoms with Crippen LogP contribution < -0.4 is 15.2 Å². The van der Waals surface area contributed by atoms with E-state index in [1.165, 1.54) is 20.3 Å². The maximum absolute atomic E-state index is 12.2. The maximum atomic E-state index is 12.2. The van der Waals surface area contributed by atoms with Gasteiger partial charge in [0.15, 0.2) is 0 Å². The first-order valence-electron chi connectivity index (χ1n) is 5.82. The van der Waals surface area contributed by atoms with E-state index in [0.717, 1.165) is 5.56 Å². The Bertz CT molecular complexity index is 516. The quantitative estimate of drug-likeness (QED) is 0.761. The number of rotatable bonds is 7. The molecular weight excluding hydrogens is 268 g/mol. The summed E-state index contributed by atoms with van der Waals surface area (Å²) in [5.74, 6) is 0.278. The number of nitrogens with one attached hydrogen (secondary N) is 1. The molecule has 0 heterocycles. The van der Waals surface area contributed by atoms with Gasteiger partial charge in [-0.3, -0.25) is 0 Å². The number of nitrogens with two attached hydrogens (primary N) is 1. The molecule has 0 aliphatic rings. The van der Waals surface area contributed by atoms with Crippen molar-refractivity contribution in [2.75, 3.05) is 20.8 Å². The molecule has 19 heavy (non-hydrogen) atoms. The number of sulfonamides is 1. The predicted octanol–water partition coefficient (Wildman–Crippen LogP) is 0.467. The van der Waals surface area contributed by atoms with E-state index < -0.39 is 10.0 Å². The second-order valence-corrected chi connectivity index (χ2v) is 5.85. The van der Waals surface area contributed by atoms with E-state index in [1.807, 2.05) is 0 Å². The highest BCUT2D eigenvalue weighted by atomic mass is 32.2. The van der Waals surface area contributed by atoms with Crippen molar-refractivity contribution in [2.45, 2.75) is 24.4 Å². The third kappa shape index (κ3) is 4.17. The molecule has 1 atom stereocenters. The van der Waals surface area contributed by atoms with Crippen LogP contribution in [0.5, 0.6) is 5.75 Å². The Morgan fingerprint density at radius 3 is 2.58 bits per heavy atom. The van der Waals surface area contributed by atoms with Crippen molar-refractivity contribution in [3.05, 3.63) is 23.8 Å². The second-order valence-electron chi connectivity index (χ2n) is 4.17. The summed E-state index contributed by atoms with van der Waals surface area (Å²) in [5, 5.41) is 0. The van der Waals surface area contributed by atoms with E-state index >= 15 is 0 Å². The highest BCUT2D eigenvalue weighted by Gasteiger charge is 2.21. The fourth-order valence-corrected chi connectivity index (χ4v) is 3.05. The second kappa shape index (κ2) is 6.85. The number of hydrogen-bond donors (Lipinski definition) is 2. The summed E-state index contributed by atoms with van der Waals surface area (Å²) >= 11 is 0. The van der Waals surface area contributed by atoms with Crippen molar-refractivity contribution in [1.29, 1.82) is 0 Å². The van der Waals surface area contributed by atoms with Crippen LogP contribution in [0, 0.1) is 0 Å². The van der Waals surface area contributed by atoms with Gasteiger partial charge >= 0.3 is 0 Å². The predicted molar refractivity (Wildman–Crippen MR) is 72.5 cm³/mol. The van der Waals surface area contributed by atoms with E-state index in [4.69, 9.17) is 15.2 Å². The van der Waals surface area contributed by atoms with Gasteiger partial charge in [0.25, 0.3) is 0 Å². The average molecular weight is 288 g/mol. The average Bonchev–Trinajstić information content (AvgIpc) is 2.37. The first kappa shape index (κ1) is 15.9. The zero-order chi connectivity index (χ0) is 14.5. The fraction of sp³-hybridized carbons (Fsp3) is 0.500. The molecule has 1 aromatic carbocycles. The number of hydrogen-bond acceptors (Lipinski definition) is 5. The summed E-state index contributed by atoms with van der Waals surface area (Å²) in [4.78, 5) is 0.0927. The van der Waals surface area contributed by atoms with E-state index in [9.17, 15) is 8.42 Å². The van der Waals surface area contributed by atoms with Crippen molar-refractivity contribution in [2.24, 2.45) is 5.73 Å². The molecule has 0 spiro atoms. The molecule has 1 unspecified atom stereocenters. The molecule has 1 aromatic rings. The zero-order valence-electron chi connectivity index (χ0n) is 11.3. The van der Waals surface area contributed by atoms with E-state index in [1.54, 1.807) is 19.1 Å². The van der Waals surface area contributed by atoms with Crippen molar-refractivity contribution in [1.82, 2.24) is 4.72 Å². The first-order chi connectivity index (χ1) is 8.94. The van der Waals surface area contributed by atoms with Gasteiger partial charge in [-0.1, -0.05) is 6.07 Å². The summed E-state index contributed by atoms with van der Waals surface area (Å²) in [6.45, 7) is 2.34. The Morgan fingerprint density at radius 1 is 1.37 bits per heavy atom. The van der Waals surface area contributed by atoms with Gasteiger partial charge in [-0.2, -0.15) is 0 Å². The molecule has 0 aliphatic carbocycles. The van der Waals surface area contributed by atoms with Crippen LogP contribution in [0.2, 0.25) is 0 Å². The van der Waals surface area contributed by atoms with Crippen molar-refractivity contribution >= 4 is 10.0 Å². The van der Waals surface area contributed by atoms with Crippen LogP contribution in [0.1, 0.15) is 12.5 Å². The third-order valence-corrected chi connectivity index (χ3v) is 4.16. The Hall–Kier alpha value is -1.15. The smallest absolute Gasteiger partial charge is 0.244 e. The molecule has 0 saturated carbocycles. The van der Waals surface area contributed by atoms with E-state index in [0.29, 0.717) is 13.2 Å². The summed E-state index contributed by atoms with van der Waals surface area (Å²) < 4.78 is 37.0. The standard InChI is InChI=1S/C12H20N2O4S/c1-9(8-17-2)14-19(15,16)12-5-4-10(7-13)6-11(12)18-3/h4-6,9,14H,7-8,13H2,1-3H3. The number of methoxy groups -OCH3 is 2. The molecule has 0 radical (unpaired) electrons. The lowest BCUT2D eigenvalue weighted by atomic mass is 10.2. The lowest BCUT2D eigenvalue weighted by molar-refractivity contribution is 0.180. The molecule has 0 saturated heterocycles. The van der Waals surface area contributed by atoms with Crippen molar-refractivity contribution in [3.8, 4) is 5.75 Å². The Kier molecular flexibility index (Phi) is 5.74. The Morgan fingerprint density at radius 2 is 2.05 bits per heavy atom. The van der Waals surface area contributed by atoms with Gasteiger partial charge < -0.3 is 15.2 Å². The molecule has 1 rings (SSSR count). The fourth-order valence-electron chi connectivity index (χ4n) is 1.67. The molecule has 0 aliphatic heterocycles. The van der Waals surface area contributed by atoms with Crippen LogP contribution in [0.15, 0.2) is 23.1 Å². The SMILES string of the molecule is COCC(C)NS(=O)(=O)c1ccc(CN)cc1OC. The van der Waals surface area contributed by atoms with Gasteiger partial charge in [-0.25, -0.2) is 13.1 Å². The van der Waals surface area contributed by atoms with Crippen molar-refractivity contribution in [3.63, 3.8) is 0 Å². The minimum Gasteiger partial charge on any atom is -0.495 e. The molecule has 7 heteroatoms. The lowest BCUT2D eigenvalue weighted by Crippen LogP contribution is -2.35. The van der Waals surface area contributed by atoms with Gasteiger partial charge in [-0.05, 0) is 24.6 Å². The van der Waals surface area contributed by atoms with Crippen LogP contribution in [-0.4, -0.2) is 35.3 Å². The number of ether oxygens (including phenoxy) is 2. The summed E-state index contributed by atoms with van der Waals surface area (Å²) in [7, 11) is -0.706. The largest absolute Gasteiger partial charge is 0.495 e. The Labute approximate surface area is 113 Å². The van der Waals surface area contributed by atoms with Gasteiger partial charge in [-0.15, -0.1) is 0 Å². The van der Waals surface area contributed by atoms with Crippen molar-refractivity contribution < 1.29 is 17.9 Å². The number of benzene rings is 1. The van der Waals surface area contributed by atoms with Crippen LogP contribution in [-0.2, 0) is 21.3 Å². The molecule has 6 nitrogen and oxygen atoms in total. The van der Waals surface area contributed by atoms with Crippen LogP contribution >= 0.6 is 0 Å². The minimum absolute atomic E-state index is 0.0927. The molecule has 0 bridgehead atoms. The molecule has 0 amide bonds. The van der Waals surface area contributed by atoms with Gasteiger partial charge in [0, 0.05) is 19.7 Å². The lowest BCUT2D eigenvalue weighted by Gasteiger charge is -2.15. The van der Waals surface area contributed by atoms with Crippen LogP contribution in [0.4, 0.5) is 0 Å². The molecular formula is C12H20N2O4S. The normalized spacial score (nSPS) is 13.3.